The van der Waals surface area contributed by atoms with E-state index in [0.29, 0.717) is 41.1 Å². The zero-order valence-corrected chi connectivity index (χ0v) is 21.5. The van der Waals surface area contributed by atoms with Crippen molar-refractivity contribution in [1.29, 1.82) is 0 Å². The SMILES string of the molecule is O=C(NCCCC1CCCOCC1)c1ccc2c(c1)C(c1cccc(F)c1)=C(c1ccc[nH]c1=O)C=CC2. The van der Waals surface area contributed by atoms with Crippen molar-refractivity contribution in [2.45, 2.75) is 38.5 Å². The number of H-pyrrole nitrogens is 1. The van der Waals surface area contributed by atoms with Gasteiger partial charge in [0.1, 0.15) is 5.82 Å². The normalized spacial score (nSPS) is 17.4. The summed E-state index contributed by atoms with van der Waals surface area (Å²) in [5.74, 6) is 0.167. The molecule has 1 amide bonds. The third kappa shape index (κ3) is 6.03. The number of carbonyl (C=O) groups is 1. The van der Waals surface area contributed by atoms with Crippen molar-refractivity contribution >= 4 is 17.1 Å². The van der Waals surface area contributed by atoms with Gasteiger partial charge in [0.05, 0.1) is 0 Å². The molecular formula is C32H33FN2O3. The smallest absolute Gasteiger partial charge is 0.255 e. The lowest BCUT2D eigenvalue weighted by Gasteiger charge is -2.17. The molecular weight excluding hydrogens is 479 g/mol. The number of benzene rings is 2. The number of allylic oxidation sites excluding steroid dienone is 3. The first-order valence-electron chi connectivity index (χ1n) is 13.4. The van der Waals surface area contributed by atoms with Gasteiger partial charge in [-0.2, -0.15) is 0 Å². The lowest BCUT2D eigenvalue weighted by Crippen LogP contribution is -2.25. The second-order valence-electron chi connectivity index (χ2n) is 10.00. The highest BCUT2D eigenvalue weighted by molar-refractivity contribution is 6.05. The minimum atomic E-state index is -0.361. The van der Waals surface area contributed by atoms with Gasteiger partial charge in [0.25, 0.3) is 11.5 Å². The van der Waals surface area contributed by atoms with Gasteiger partial charge in [-0.1, -0.05) is 30.4 Å². The van der Waals surface area contributed by atoms with Crippen LogP contribution in [0.3, 0.4) is 0 Å². The summed E-state index contributed by atoms with van der Waals surface area (Å²) >= 11 is 0. The second-order valence-corrected chi connectivity index (χ2v) is 10.00. The summed E-state index contributed by atoms with van der Waals surface area (Å²) in [5.41, 5.74) is 4.73. The fraction of sp³-hybridized carbons (Fsp3) is 0.312. The molecule has 1 aliphatic heterocycles. The number of fused-ring (bicyclic) bond motifs is 1. The summed E-state index contributed by atoms with van der Waals surface area (Å²) < 4.78 is 19.9. The van der Waals surface area contributed by atoms with Gasteiger partial charge < -0.3 is 15.0 Å². The maximum Gasteiger partial charge on any atom is 0.255 e. The van der Waals surface area contributed by atoms with Gasteiger partial charge in [0.2, 0.25) is 0 Å². The fourth-order valence-electron chi connectivity index (χ4n) is 5.43. The number of ether oxygens (including phenoxy) is 1. The summed E-state index contributed by atoms with van der Waals surface area (Å²) in [6.45, 7) is 2.30. The minimum Gasteiger partial charge on any atom is -0.381 e. The van der Waals surface area contributed by atoms with Crippen LogP contribution in [0.1, 0.15) is 64.7 Å². The molecule has 0 spiro atoms. The van der Waals surface area contributed by atoms with E-state index >= 15 is 0 Å². The van der Waals surface area contributed by atoms with Crippen molar-refractivity contribution in [2.24, 2.45) is 5.92 Å². The zero-order valence-electron chi connectivity index (χ0n) is 21.5. The number of hydrogen-bond acceptors (Lipinski definition) is 3. The van der Waals surface area contributed by atoms with E-state index < -0.39 is 0 Å². The predicted molar refractivity (Wildman–Crippen MR) is 148 cm³/mol. The molecule has 196 valence electrons. The molecule has 0 saturated carbocycles. The van der Waals surface area contributed by atoms with Crippen LogP contribution in [0.15, 0.2) is 77.7 Å². The Morgan fingerprint density at radius 1 is 1.05 bits per heavy atom. The largest absolute Gasteiger partial charge is 0.381 e. The summed E-state index contributed by atoms with van der Waals surface area (Å²) in [7, 11) is 0. The molecule has 2 aliphatic rings. The molecule has 1 saturated heterocycles. The molecule has 1 unspecified atom stereocenters. The lowest BCUT2D eigenvalue weighted by atomic mass is 9.87. The first kappa shape index (κ1) is 25.9. The van der Waals surface area contributed by atoms with E-state index in [-0.39, 0.29) is 17.3 Å². The first-order chi connectivity index (χ1) is 18.6. The molecule has 1 atom stereocenters. The molecule has 0 bridgehead atoms. The third-order valence-corrected chi connectivity index (χ3v) is 7.40. The molecule has 5 rings (SSSR count). The second kappa shape index (κ2) is 12.2. The lowest BCUT2D eigenvalue weighted by molar-refractivity contribution is 0.0952. The summed E-state index contributed by atoms with van der Waals surface area (Å²) in [5, 5.41) is 3.08. The highest BCUT2D eigenvalue weighted by Gasteiger charge is 2.21. The Morgan fingerprint density at radius 2 is 1.97 bits per heavy atom. The number of hydrogen-bond donors (Lipinski definition) is 2. The van der Waals surface area contributed by atoms with E-state index in [4.69, 9.17) is 4.74 Å². The molecule has 3 aromatic rings. The van der Waals surface area contributed by atoms with E-state index in [1.165, 1.54) is 18.6 Å². The molecule has 1 aliphatic carbocycles. The van der Waals surface area contributed by atoms with E-state index in [2.05, 4.69) is 10.3 Å². The van der Waals surface area contributed by atoms with Gasteiger partial charge in [-0.25, -0.2) is 4.39 Å². The van der Waals surface area contributed by atoms with Crippen LogP contribution < -0.4 is 10.9 Å². The number of carbonyl (C=O) groups excluding carboxylic acids is 1. The Bertz CT molecular complexity index is 1410. The Hall–Kier alpha value is -3.77. The number of halogens is 1. The Labute approximate surface area is 222 Å². The Balaban J connectivity index is 1.44. The first-order valence-corrected chi connectivity index (χ1v) is 13.4. The van der Waals surface area contributed by atoms with E-state index in [1.807, 2.05) is 36.4 Å². The molecule has 2 aromatic carbocycles. The summed E-state index contributed by atoms with van der Waals surface area (Å²) in [4.78, 5) is 28.7. The van der Waals surface area contributed by atoms with Crippen LogP contribution >= 0.6 is 0 Å². The van der Waals surface area contributed by atoms with Crippen molar-refractivity contribution < 1.29 is 13.9 Å². The fourth-order valence-corrected chi connectivity index (χ4v) is 5.43. The van der Waals surface area contributed by atoms with Crippen molar-refractivity contribution in [3.63, 3.8) is 0 Å². The monoisotopic (exact) mass is 512 g/mol. The van der Waals surface area contributed by atoms with Crippen LogP contribution in [0.4, 0.5) is 4.39 Å². The van der Waals surface area contributed by atoms with Gasteiger partial charge in [-0.15, -0.1) is 0 Å². The number of aromatic amines is 1. The molecule has 2 N–H and O–H groups in total. The number of aromatic nitrogens is 1. The number of nitrogens with one attached hydrogen (secondary N) is 2. The number of pyridine rings is 1. The molecule has 0 radical (unpaired) electrons. The number of amides is 1. The molecule has 1 fully saturated rings. The minimum absolute atomic E-state index is 0.132. The van der Waals surface area contributed by atoms with Crippen molar-refractivity contribution in [1.82, 2.24) is 10.3 Å². The van der Waals surface area contributed by atoms with Crippen molar-refractivity contribution in [3.8, 4) is 0 Å². The van der Waals surface area contributed by atoms with Gasteiger partial charge in [-0.05, 0) is 109 Å². The van der Waals surface area contributed by atoms with E-state index in [9.17, 15) is 14.0 Å². The molecule has 38 heavy (non-hydrogen) atoms. The van der Waals surface area contributed by atoms with Gasteiger partial charge in [0.15, 0.2) is 0 Å². The predicted octanol–water partition coefficient (Wildman–Crippen LogP) is 5.91. The van der Waals surface area contributed by atoms with Gasteiger partial charge in [-0.3, -0.25) is 9.59 Å². The molecule has 1 aromatic heterocycles. The van der Waals surface area contributed by atoms with Crippen LogP contribution in [0, 0.1) is 11.7 Å². The topological polar surface area (TPSA) is 71.2 Å². The van der Waals surface area contributed by atoms with Crippen LogP contribution in [0.25, 0.3) is 11.1 Å². The zero-order chi connectivity index (χ0) is 26.3. The third-order valence-electron chi connectivity index (χ3n) is 7.40. The molecule has 2 heterocycles. The highest BCUT2D eigenvalue weighted by atomic mass is 19.1. The van der Waals surface area contributed by atoms with Gasteiger partial charge >= 0.3 is 0 Å². The quantitative estimate of drug-likeness (QED) is 0.387. The standard InChI is InChI=1S/C32H33FN2O3/c33-26-10-1-9-24(20-26)30-27(28-12-4-17-35-32(28)37)11-2-8-23-13-14-25(21-29(23)30)31(36)34-16-3-6-22-7-5-18-38-19-15-22/h1-2,4,9-14,17,20-22H,3,5-8,15-16,18-19H2,(H,34,36)(H,35,37). The maximum atomic E-state index is 14.4. The van der Waals surface area contributed by atoms with Crippen LogP contribution in [0.5, 0.6) is 0 Å². The average molecular weight is 513 g/mol. The van der Waals surface area contributed by atoms with Crippen molar-refractivity contribution in [2.75, 3.05) is 19.8 Å². The van der Waals surface area contributed by atoms with E-state index in [0.717, 1.165) is 55.6 Å². The Morgan fingerprint density at radius 3 is 2.84 bits per heavy atom. The van der Waals surface area contributed by atoms with Gasteiger partial charge in [0, 0.05) is 37.1 Å². The van der Waals surface area contributed by atoms with Crippen molar-refractivity contribution in [3.05, 3.63) is 117 Å². The number of rotatable bonds is 7. The summed E-state index contributed by atoms with van der Waals surface area (Å²) in [6.07, 6.45) is 11.6. The van der Waals surface area contributed by atoms with E-state index in [1.54, 1.807) is 24.4 Å². The molecule has 5 nitrogen and oxygen atoms in total. The molecule has 6 heteroatoms. The van der Waals surface area contributed by atoms with Crippen LogP contribution in [-0.4, -0.2) is 30.6 Å². The van der Waals surface area contributed by atoms with Crippen LogP contribution in [-0.2, 0) is 11.2 Å². The summed E-state index contributed by atoms with van der Waals surface area (Å²) in [6, 6.07) is 15.6. The maximum absolute atomic E-state index is 14.4. The average Bonchev–Trinajstić information content (AvgIpc) is 3.30. The van der Waals surface area contributed by atoms with Crippen LogP contribution in [0.2, 0.25) is 0 Å². The Kier molecular flexibility index (Phi) is 8.29. The highest BCUT2D eigenvalue weighted by Crippen LogP contribution is 2.37.